The van der Waals surface area contributed by atoms with E-state index in [1.807, 2.05) is 12.1 Å². The molecule has 2 unspecified atom stereocenters. The fourth-order valence-electron chi connectivity index (χ4n) is 5.46. The Bertz CT molecular complexity index is 1930. The van der Waals surface area contributed by atoms with Gasteiger partial charge in [-0.15, -0.1) is 0 Å². The highest BCUT2D eigenvalue weighted by molar-refractivity contribution is 7.48. The molecule has 1 aliphatic rings. The summed E-state index contributed by atoms with van der Waals surface area (Å²) in [4.78, 5) is 40.7. The van der Waals surface area contributed by atoms with E-state index in [-0.39, 0.29) is 29.9 Å². The van der Waals surface area contributed by atoms with Crippen LogP contribution in [-0.4, -0.2) is 48.6 Å². The van der Waals surface area contributed by atoms with Gasteiger partial charge in [-0.1, -0.05) is 115 Å². The van der Waals surface area contributed by atoms with Crippen molar-refractivity contribution in [2.45, 2.75) is 50.8 Å². The maximum absolute atomic E-state index is 14.6. The minimum absolute atomic E-state index is 0.152. The van der Waals surface area contributed by atoms with Gasteiger partial charge in [-0.3, -0.25) is 13.6 Å². The molecule has 0 aromatic heterocycles. The van der Waals surface area contributed by atoms with Crippen molar-refractivity contribution in [3.63, 3.8) is 0 Å². The van der Waals surface area contributed by atoms with Gasteiger partial charge in [-0.2, -0.15) is 0 Å². The van der Waals surface area contributed by atoms with Crippen LogP contribution in [0, 0.1) is 0 Å². The van der Waals surface area contributed by atoms with Gasteiger partial charge in [-0.05, 0) is 54.4 Å². The van der Waals surface area contributed by atoms with E-state index in [4.69, 9.17) is 32.5 Å². The van der Waals surface area contributed by atoms with Crippen LogP contribution in [0.2, 0.25) is 0 Å². The number of esters is 3. The second-order valence-electron chi connectivity index (χ2n) is 12.0. The molecule has 11 nitrogen and oxygen atoms in total. The lowest BCUT2D eigenvalue weighted by atomic mass is 9.98. The quantitative estimate of drug-likeness (QED) is 0.0625. The molecule has 0 aliphatic carbocycles. The predicted molar refractivity (Wildman–Crippen MR) is 192 cm³/mol. The largest absolute Gasteiger partial charge is 0.477 e. The monoisotopic (exact) mass is 736 g/mol. The topological polar surface area (TPSA) is 133 Å². The summed E-state index contributed by atoms with van der Waals surface area (Å²) in [5, 5.41) is 0. The van der Waals surface area contributed by atoms with Crippen LogP contribution in [0.5, 0.6) is 0 Å². The average Bonchev–Trinajstić information content (AvgIpc) is 3.20. The van der Waals surface area contributed by atoms with Gasteiger partial charge in [-0.25, -0.2) is 18.9 Å². The van der Waals surface area contributed by atoms with Gasteiger partial charge >= 0.3 is 25.7 Å². The molecule has 1 saturated heterocycles. The molecule has 53 heavy (non-hydrogen) atoms. The van der Waals surface area contributed by atoms with E-state index >= 15 is 0 Å². The second-order valence-corrected chi connectivity index (χ2v) is 13.6. The van der Waals surface area contributed by atoms with Crippen molar-refractivity contribution in [3.8, 4) is 0 Å². The normalized spacial score (nSPS) is 19.8. The third-order valence-electron chi connectivity index (χ3n) is 8.18. The van der Waals surface area contributed by atoms with Crippen LogP contribution in [0.25, 0.3) is 0 Å². The van der Waals surface area contributed by atoms with Crippen molar-refractivity contribution >= 4 is 25.7 Å². The Labute approximate surface area is 306 Å². The maximum Gasteiger partial charge on any atom is 0.477 e. The number of hydrogen-bond acceptors (Lipinski definition) is 11. The Balaban J connectivity index is 1.37. The molecule has 0 bridgehead atoms. The predicted octanol–water partition coefficient (Wildman–Crippen LogP) is 7.97. The lowest BCUT2D eigenvalue weighted by molar-refractivity contribution is -0.271. The number of phosphoric acid groups is 1. The number of ether oxygens (including phenoxy) is 4. The van der Waals surface area contributed by atoms with Crippen molar-refractivity contribution in [2.75, 3.05) is 0 Å². The number of phosphoric ester groups is 1. The van der Waals surface area contributed by atoms with E-state index in [9.17, 15) is 18.9 Å². The summed E-state index contributed by atoms with van der Waals surface area (Å²) >= 11 is 0. The lowest BCUT2D eigenvalue weighted by Gasteiger charge is -2.43. The number of carbonyl (C=O) groups is 3. The van der Waals surface area contributed by atoms with Gasteiger partial charge in [0, 0.05) is 0 Å². The van der Waals surface area contributed by atoms with Crippen molar-refractivity contribution in [3.05, 3.63) is 179 Å². The molecule has 5 atom stereocenters. The highest BCUT2D eigenvalue weighted by Crippen LogP contribution is 2.53. The van der Waals surface area contributed by atoms with E-state index in [0.717, 1.165) is 0 Å². The standard InChI is InChI=1S/C41H37O11P/c1-29-35(49-38(42)32-21-11-4-12-22-32)36(50-39(43)33-23-13-5-14-24-33)37(51-40(44)34-25-15-6-16-26-34)41(48-29)52-53(45,46-27-30-17-7-2-8-18-30)47-28-31-19-9-3-10-20-31/h2-26,29,35-37,41H,27-28H2,1H3/t29?,35-,36+,37?,41-/m0/s1. The first-order chi connectivity index (χ1) is 25.8. The van der Waals surface area contributed by atoms with Crippen LogP contribution in [0.4, 0.5) is 0 Å². The molecule has 5 aromatic rings. The van der Waals surface area contributed by atoms with Gasteiger partial charge in [0.2, 0.25) is 6.29 Å². The second kappa shape index (κ2) is 17.9. The first-order valence-electron chi connectivity index (χ1n) is 16.9. The molecule has 0 saturated carbocycles. The van der Waals surface area contributed by atoms with E-state index in [0.29, 0.717) is 11.1 Å². The minimum atomic E-state index is -4.58. The van der Waals surface area contributed by atoms with Crippen molar-refractivity contribution < 1.29 is 51.5 Å². The fraction of sp³-hybridized carbons (Fsp3) is 0.195. The molecule has 1 heterocycles. The third kappa shape index (κ3) is 10.1. The Kier molecular flexibility index (Phi) is 12.6. The zero-order valence-electron chi connectivity index (χ0n) is 28.7. The lowest BCUT2D eigenvalue weighted by Crippen LogP contribution is -2.61. The molecule has 1 aliphatic heterocycles. The highest BCUT2D eigenvalue weighted by Gasteiger charge is 2.54. The Morgan fingerprint density at radius 2 is 0.849 bits per heavy atom. The number of carbonyl (C=O) groups excluding carboxylic acids is 3. The highest BCUT2D eigenvalue weighted by atomic mass is 31.2. The smallest absolute Gasteiger partial charge is 0.452 e. The summed E-state index contributed by atoms with van der Waals surface area (Å²) in [5.41, 5.74) is 1.89. The summed E-state index contributed by atoms with van der Waals surface area (Å²) in [7, 11) is -4.58. The van der Waals surface area contributed by atoms with Crippen LogP contribution in [0.15, 0.2) is 152 Å². The minimum Gasteiger partial charge on any atom is -0.452 e. The van der Waals surface area contributed by atoms with Crippen LogP contribution >= 0.6 is 7.82 Å². The van der Waals surface area contributed by atoms with Gasteiger partial charge in [0.25, 0.3) is 0 Å². The van der Waals surface area contributed by atoms with E-state index in [1.165, 1.54) is 24.3 Å². The van der Waals surface area contributed by atoms with Crippen LogP contribution in [0.3, 0.4) is 0 Å². The Morgan fingerprint density at radius 3 is 1.25 bits per heavy atom. The van der Waals surface area contributed by atoms with Crippen molar-refractivity contribution in [2.24, 2.45) is 0 Å². The molecule has 0 amide bonds. The molecule has 5 aromatic carbocycles. The van der Waals surface area contributed by atoms with Crippen LogP contribution < -0.4 is 0 Å². The summed E-state index contributed by atoms with van der Waals surface area (Å²) < 4.78 is 56.5. The molecule has 6 rings (SSSR count). The van der Waals surface area contributed by atoms with E-state index in [2.05, 4.69) is 0 Å². The molecule has 0 radical (unpaired) electrons. The number of benzene rings is 5. The molecule has 272 valence electrons. The Hall–Kier alpha value is -5.42. The van der Waals surface area contributed by atoms with Crippen molar-refractivity contribution in [1.82, 2.24) is 0 Å². The van der Waals surface area contributed by atoms with Gasteiger partial charge < -0.3 is 18.9 Å². The number of rotatable bonds is 14. The maximum atomic E-state index is 14.6. The van der Waals surface area contributed by atoms with Gasteiger partial charge in [0.05, 0.1) is 36.0 Å². The molecule has 0 spiro atoms. The molecule has 1 fully saturated rings. The van der Waals surface area contributed by atoms with Gasteiger partial charge in [0.15, 0.2) is 18.3 Å². The first-order valence-corrected chi connectivity index (χ1v) is 18.3. The summed E-state index contributed by atoms with van der Waals surface area (Å²) in [6, 6.07) is 42.3. The van der Waals surface area contributed by atoms with Crippen LogP contribution in [-0.2, 0) is 50.3 Å². The molecule has 12 heteroatoms. The molecular formula is C41H37O11P. The zero-order chi connectivity index (χ0) is 37.0. The third-order valence-corrected chi connectivity index (χ3v) is 9.54. The summed E-state index contributed by atoms with van der Waals surface area (Å²) in [5.74, 6) is -2.40. The van der Waals surface area contributed by atoms with Crippen molar-refractivity contribution in [1.29, 1.82) is 0 Å². The molecular weight excluding hydrogens is 699 g/mol. The van der Waals surface area contributed by atoms with E-state index in [1.54, 1.807) is 122 Å². The van der Waals surface area contributed by atoms with E-state index < -0.39 is 56.4 Å². The number of hydrogen-bond donors (Lipinski definition) is 0. The Morgan fingerprint density at radius 1 is 0.509 bits per heavy atom. The summed E-state index contributed by atoms with van der Waals surface area (Å²) in [6.45, 7) is 1.21. The summed E-state index contributed by atoms with van der Waals surface area (Å²) in [6.07, 6.45) is -7.30. The average molecular weight is 737 g/mol. The zero-order valence-corrected chi connectivity index (χ0v) is 29.6. The van der Waals surface area contributed by atoms with Crippen LogP contribution in [0.1, 0.15) is 49.1 Å². The molecule has 0 N–H and O–H groups in total. The first kappa shape index (κ1) is 37.3. The SMILES string of the molecule is CC1O[C@@H](OP(=O)(OCc2ccccc2)OCc2ccccc2)C(OC(=O)c2ccccc2)[C@H](OC(=O)c2ccccc2)[C@H]1OC(=O)c1ccccc1. The fourth-order valence-corrected chi connectivity index (χ4v) is 6.69. The van der Waals surface area contributed by atoms with Gasteiger partial charge in [0.1, 0.15) is 0 Å².